The Morgan fingerprint density at radius 3 is 2.33 bits per heavy atom. The highest BCUT2D eigenvalue weighted by Crippen LogP contribution is 2.49. The summed E-state index contributed by atoms with van der Waals surface area (Å²) in [5.41, 5.74) is -0.716. The lowest BCUT2D eigenvalue weighted by Crippen LogP contribution is -2.67. The van der Waals surface area contributed by atoms with E-state index >= 15 is 0 Å². The molecule has 3 aliphatic heterocycles. The zero-order valence-electron chi connectivity index (χ0n) is 22.5. The summed E-state index contributed by atoms with van der Waals surface area (Å²) in [6, 6.07) is 9.41. The smallest absolute Gasteiger partial charge is 0.410 e. The molecule has 11 nitrogen and oxygen atoms in total. The van der Waals surface area contributed by atoms with Crippen LogP contribution in [0.25, 0.3) is 10.8 Å². The van der Waals surface area contributed by atoms with Crippen molar-refractivity contribution < 1.29 is 36.3 Å². The van der Waals surface area contributed by atoms with Crippen LogP contribution in [-0.4, -0.2) is 103 Å². The summed E-state index contributed by atoms with van der Waals surface area (Å²) in [5, 5.41) is 12.3. The normalized spacial score (nSPS) is 24.9. The topological polar surface area (TPSA) is 142 Å². The van der Waals surface area contributed by atoms with E-state index in [1.807, 2.05) is 0 Å². The van der Waals surface area contributed by atoms with Crippen LogP contribution < -0.4 is 0 Å². The third-order valence-corrected chi connectivity index (χ3v) is 13.2. The minimum atomic E-state index is -4.31. The quantitative estimate of drug-likeness (QED) is 0.555. The molecular formula is C26H32ClN3O8S2. The number of likely N-dealkylation sites (tertiary alicyclic amines) is 1. The van der Waals surface area contributed by atoms with Gasteiger partial charge in [-0.05, 0) is 68.7 Å². The molecule has 0 bridgehead atoms. The van der Waals surface area contributed by atoms with Gasteiger partial charge in [-0.3, -0.25) is 4.79 Å². The first-order valence-corrected chi connectivity index (χ1v) is 16.2. The number of halogens is 1. The first-order valence-electron chi connectivity index (χ1n) is 12.9. The third-order valence-electron chi connectivity index (χ3n) is 8.03. The number of amides is 2. The molecule has 0 aromatic heterocycles. The molecule has 0 aliphatic carbocycles. The highest BCUT2D eigenvalue weighted by atomic mass is 35.5. The van der Waals surface area contributed by atoms with Gasteiger partial charge in [0.2, 0.25) is 15.9 Å². The average Bonchev–Trinajstić information content (AvgIpc) is 3.06. The molecule has 3 saturated heterocycles. The van der Waals surface area contributed by atoms with Gasteiger partial charge < -0.3 is 19.6 Å². The van der Waals surface area contributed by atoms with Crippen molar-refractivity contribution in [3.05, 3.63) is 41.4 Å². The monoisotopic (exact) mass is 613 g/mol. The highest BCUT2D eigenvalue weighted by molar-refractivity contribution is 7.94. The lowest BCUT2D eigenvalue weighted by atomic mass is 9.94. The second-order valence-corrected chi connectivity index (χ2v) is 16.7. The van der Waals surface area contributed by atoms with Gasteiger partial charge >= 0.3 is 6.09 Å². The summed E-state index contributed by atoms with van der Waals surface area (Å²) in [6.45, 7) is 3.08. The molecule has 3 fully saturated rings. The maximum absolute atomic E-state index is 14.2. The van der Waals surface area contributed by atoms with Crippen LogP contribution in [0.5, 0.6) is 0 Å². The van der Waals surface area contributed by atoms with Crippen LogP contribution in [0.2, 0.25) is 5.02 Å². The van der Waals surface area contributed by atoms with E-state index in [-0.39, 0.29) is 37.4 Å². The van der Waals surface area contributed by atoms with Crippen LogP contribution in [0.15, 0.2) is 41.3 Å². The molecule has 2 aromatic carbocycles. The Morgan fingerprint density at radius 1 is 1.07 bits per heavy atom. The van der Waals surface area contributed by atoms with Crippen LogP contribution >= 0.6 is 11.6 Å². The second kappa shape index (κ2) is 9.55. The Kier molecular flexibility index (Phi) is 6.94. The third kappa shape index (κ3) is 4.46. The molecule has 5 rings (SSSR count). The van der Waals surface area contributed by atoms with Gasteiger partial charge in [0.15, 0.2) is 14.7 Å². The van der Waals surface area contributed by atoms with E-state index in [0.29, 0.717) is 10.4 Å². The Morgan fingerprint density at radius 2 is 1.70 bits per heavy atom. The van der Waals surface area contributed by atoms with E-state index in [4.69, 9.17) is 16.3 Å². The highest BCUT2D eigenvalue weighted by Gasteiger charge is 2.70. The van der Waals surface area contributed by atoms with Gasteiger partial charge in [0, 0.05) is 24.7 Å². The lowest BCUT2D eigenvalue weighted by Gasteiger charge is -2.43. The van der Waals surface area contributed by atoms with E-state index in [0.717, 1.165) is 14.6 Å². The number of benzene rings is 2. The van der Waals surface area contributed by atoms with Crippen molar-refractivity contribution in [2.45, 2.75) is 53.7 Å². The van der Waals surface area contributed by atoms with Gasteiger partial charge in [-0.1, -0.05) is 23.7 Å². The fourth-order valence-corrected chi connectivity index (χ4v) is 10.4. The number of sulfone groups is 1. The Balaban J connectivity index is 1.44. The van der Waals surface area contributed by atoms with Gasteiger partial charge in [0.1, 0.15) is 5.60 Å². The van der Waals surface area contributed by atoms with Crippen LogP contribution in [0, 0.1) is 0 Å². The fraction of sp³-hybridized carbons (Fsp3) is 0.538. The number of sulfonamides is 1. The summed E-state index contributed by atoms with van der Waals surface area (Å²) in [7, 11) is -8.60. The number of aliphatic hydroxyl groups excluding tert-OH is 1. The Labute approximate surface area is 238 Å². The van der Waals surface area contributed by atoms with Crippen molar-refractivity contribution in [1.82, 2.24) is 14.1 Å². The number of carbonyl (C=O) groups excluding carboxylic acids is 2. The summed E-state index contributed by atoms with van der Waals surface area (Å²) >= 11 is 6.03. The van der Waals surface area contributed by atoms with E-state index in [9.17, 15) is 31.5 Å². The number of piperazine rings is 1. The fourth-order valence-electron chi connectivity index (χ4n) is 5.86. The molecule has 1 atom stereocenters. The van der Waals surface area contributed by atoms with Gasteiger partial charge in [0.25, 0.3) is 0 Å². The van der Waals surface area contributed by atoms with E-state index in [1.54, 1.807) is 45.0 Å². The number of hydrogen-bond donors (Lipinski definition) is 1. The van der Waals surface area contributed by atoms with Crippen molar-refractivity contribution in [2.24, 2.45) is 0 Å². The first-order chi connectivity index (χ1) is 18.6. The van der Waals surface area contributed by atoms with Gasteiger partial charge in [-0.2, -0.15) is 4.31 Å². The van der Waals surface area contributed by atoms with Crippen molar-refractivity contribution >= 4 is 54.2 Å². The summed E-state index contributed by atoms with van der Waals surface area (Å²) in [6.07, 6.45) is -0.501. The molecule has 1 N–H and O–H groups in total. The maximum Gasteiger partial charge on any atom is 0.410 e. The lowest BCUT2D eigenvalue weighted by molar-refractivity contribution is -0.140. The number of nitrogens with zero attached hydrogens (tertiary/aromatic N) is 3. The van der Waals surface area contributed by atoms with Crippen molar-refractivity contribution in [3.63, 3.8) is 0 Å². The number of fused-ring (bicyclic) bond motifs is 2. The van der Waals surface area contributed by atoms with Gasteiger partial charge in [-0.15, -0.1) is 0 Å². The minimum Gasteiger partial charge on any atom is -0.444 e. The number of rotatable bonds is 3. The largest absolute Gasteiger partial charge is 0.444 e. The van der Waals surface area contributed by atoms with E-state index in [2.05, 4.69) is 0 Å². The standard InChI is InChI=1S/C26H32ClN3O8S2/c1-24(2,3)38-23(33)28-10-8-25(9-11-28)15-30-22(32)14-29(16-26(30,17-31)40(25,36)37)39(34,35)21-7-5-18-12-20(27)6-4-19(18)13-21/h4-7,12-13,31H,8-11,14-17H2,1-3H3. The molecular weight excluding hydrogens is 582 g/mol. The first kappa shape index (κ1) is 29.1. The summed E-state index contributed by atoms with van der Waals surface area (Å²) in [4.78, 5) is 26.2. The molecule has 3 heterocycles. The molecule has 14 heteroatoms. The number of piperidine rings is 1. The van der Waals surface area contributed by atoms with Gasteiger partial charge in [0.05, 0.1) is 29.3 Å². The van der Waals surface area contributed by atoms with Crippen LogP contribution in [0.4, 0.5) is 4.79 Å². The Hall–Kier alpha value is -2.45. The number of aliphatic hydroxyl groups is 1. The van der Waals surface area contributed by atoms with Gasteiger partial charge in [-0.25, -0.2) is 21.6 Å². The number of ether oxygens (including phenoxy) is 1. The zero-order valence-corrected chi connectivity index (χ0v) is 24.9. The molecule has 0 radical (unpaired) electrons. The molecule has 1 spiro atoms. The molecule has 3 aliphatic rings. The van der Waals surface area contributed by atoms with Crippen LogP contribution in [-0.2, 0) is 29.4 Å². The Bertz CT molecular complexity index is 1600. The van der Waals surface area contributed by atoms with Crippen LogP contribution in [0.1, 0.15) is 33.6 Å². The maximum atomic E-state index is 14.2. The second-order valence-electron chi connectivity index (χ2n) is 11.7. The molecule has 218 valence electrons. The van der Waals surface area contributed by atoms with Crippen molar-refractivity contribution in [3.8, 4) is 0 Å². The summed E-state index contributed by atoms with van der Waals surface area (Å²) in [5.74, 6) is -0.702. The van der Waals surface area contributed by atoms with E-state index < -0.39 is 66.8 Å². The number of hydrogen-bond acceptors (Lipinski definition) is 8. The minimum absolute atomic E-state index is 0.0279. The molecule has 0 saturated carbocycles. The predicted octanol–water partition coefficient (Wildman–Crippen LogP) is 2.21. The zero-order chi connectivity index (χ0) is 29.3. The summed E-state index contributed by atoms with van der Waals surface area (Å²) < 4.78 is 60.6. The predicted molar refractivity (Wildman–Crippen MR) is 148 cm³/mol. The van der Waals surface area contributed by atoms with Crippen LogP contribution in [0.3, 0.4) is 0 Å². The average molecular weight is 614 g/mol. The van der Waals surface area contributed by atoms with Crippen molar-refractivity contribution in [2.75, 3.05) is 39.3 Å². The SMILES string of the molecule is CC(C)(C)OC(=O)N1CCC2(CC1)CN1C(=O)CN(S(=O)(=O)c3ccc4cc(Cl)ccc4c3)CC1(CO)S2(=O)=O. The molecule has 40 heavy (non-hydrogen) atoms. The number of carbonyl (C=O) groups is 2. The van der Waals surface area contributed by atoms with E-state index in [1.165, 1.54) is 17.0 Å². The molecule has 1 unspecified atom stereocenters. The molecule has 2 amide bonds. The van der Waals surface area contributed by atoms with Crippen molar-refractivity contribution in [1.29, 1.82) is 0 Å². The molecule has 2 aromatic rings.